The molecular formula is C15H12Cl2CrN. The van der Waals surface area contributed by atoms with Gasteiger partial charge in [0.05, 0.1) is 0 Å². The van der Waals surface area contributed by atoms with E-state index in [4.69, 9.17) is 0 Å². The van der Waals surface area contributed by atoms with Crippen molar-refractivity contribution in [2.24, 2.45) is 0 Å². The van der Waals surface area contributed by atoms with Crippen molar-refractivity contribution in [2.75, 3.05) is 0 Å². The van der Waals surface area contributed by atoms with Crippen LogP contribution in [0.2, 0.25) is 0 Å². The number of hydrogen-bond acceptors (Lipinski definition) is 1. The number of rotatable bonds is 2. The Morgan fingerprint density at radius 2 is 1.74 bits per heavy atom. The van der Waals surface area contributed by atoms with Crippen LogP contribution in [0.1, 0.15) is 16.8 Å². The summed E-state index contributed by atoms with van der Waals surface area (Å²) in [5, 5.41) is 0. The molecule has 1 aliphatic carbocycles. The molecule has 97 valence electrons. The van der Waals surface area contributed by atoms with Crippen LogP contribution in [0.25, 0.3) is 6.08 Å². The van der Waals surface area contributed by atoms with Crippen molar-refractivity contribution in [1.29, 1.82) is 0 Å². The molecule has 19 heavy (non-hydrogen) atoms. The van der Waals surface area contributed by atoms with Crippen LogP contribution in [0.15, 0.2) is 54.7 Å². The molecule has 0 aliphatic heterocycles. The summed E-state index contributed by atoms with van der Waals surface area (Å²) in [7, 11) is 0. The standard InChI is InChI=1S/C15H12N.2ClH.Cr/c1-2-7-15-12(5-1)8-9-13(15)11-14-6-3-4-10-16-14;;;/h1-10H,11H2;2*1H;/q;;;+2/p-2. The average Bonchev–Trinajstić information content (AvgIpc) is 2.69. The van der Waals surface area contributed by atoms with Gasteiger partial charge >= 0.3 is 110 Å². The minimum absolute atomic E-state index is 0. The quantitative estimate of drug-likeness (QED) is 0.576. The fraction of sp³-hybridized carbons (Fsp3) is 0.133. The second kappa shape index (κ2) is 6.59. The predicted octanol–water partition coefficient (Wildman–Crippen LogP) is -2.90. The number of benzene rings is 1. The predicted molar refractivity (Wildman–Crippen MR) is 65.1 cm³/mol. The zero-order chi connectivity index (χ0) is 11.7. The van der Waals surface area contributed by atoms with Gasteiger partial charge in [-0.1, -0.05) is 0 Å². The summed E-state index contributed by atoms with van der Waals surface area (Å²) in [6.45, 7) is 0. The fourth-order valence-electron chi connectivity index (χ4n) is 2.27. The summed E-state index contributed by atoms with van der Waals surface area (Å²) in [5.74, 6) is 0. The van der Waals surface area contributed by atoms with E-state index in [0.717, 1.165) is 12.1 Å². The maximum atomic E-state index is 4.41. The summed E-state index contributed by atoms with van der Waals surface area (Å²) in [4.78, 5) is 4.41. The molecule has 1 aliphatic rings. The van der Waals surface area contributed by atoms with Gasteiger partial charge in [-0.25, -0.2) is 0 Å². The Hall–Kier alpha value is -0.778. The van der Waals surface area contributed by atoms with Crippen molar-refractivity contribution in [3.8, 4) is 0 Å². The Bertz CT molecular complexity index is 571. The van der Waals surface area contributed by atoms with Crippen LogP contribution in [0.3, 0.4) is 0 Å². The molecule has 0 radical (unpaired) electrons. The molecular weight excluding hydrogens is 317 g/mol. The van der Waals surface area contributed by atoms with Crippen molar-refractivity contribution < 1.29 is 41.1 Å². The molecule has 0 saturated heterocycles. The molecule has 0 N–H and O–H groups in total. The molecule has 0 saturated carbocycles. The summed E-state index contributed by atoms with van der Waals surface area (Å²) in [6, 6.07) is 14.6. The molecule has 1 nitrogen and oxygen atoms in total. The first-order valence-electron chi connectivity index (χ1n) is 5.67. The van der Waals surface area contributed by atoms with E-state index in [0.29, 0.717) is 0 Å². The minimum atomic E-state index is -0.0368. The molecule has 1 aromatic heterocycles. The first-order chi connectivity index (χ1) is 8.28. The Balaban J connectivity index is 0.000000902. The average molecular weight is 329 g/mol. The monoisotopic (exact) mass is 328 g/mol. The summed E-state index contributed by atoms with van der Waals surface area (Å²) < 4.78 is -0.0368. The van der Waals surface area contributed by atoms with Crippen molar-refractivity contribution in [2.45, 2.75) is 10.7 Å². The molecule has 0 fully saturated rings. The van der Waals surface area contributed by atoms with E-state index in [-0.39, 0.29) is 29.1 Å². The first kappa shape index (κ1) is 16.3. The number of pyridine rings is 1. The molecule has 2 aromatic rings. The van der Waals surface area contributed by atoms with Crippen LogP contribution in [0.5, 0.6) is 0 Å². The van der Waals surface area contributed by atoms with Gasteiger partial charge in [0.15, 0.2) is 0 Å². The van der Waals surface area contributed by atoms with E-state index in [1.54, 1.807) is 0 Å². The van der Waals surface area contributed by atoms with E-state index in [2.05, 4.69) is 63.8 Å². The second-order valence-corrected chi connectivity index (χ2v) is 5.45. The molecule has 0 spiro atoms. The number of nitrogens with zero attached hydrogens (tertiary/aromatic N) is 1. The zero-order valence-electron chi connectivity index (χ0n) is 10.1. The third kappa shape index (κ3) is 3.22. The molecule has 3 rings (SSSR count). The van der Waals surface area contributed by atoms with Crippen molar-refractivity contribution in [3.05, 3.63) is 71.6 Å². The van der Waals surface area contributed by atoms with E-state index in [9.17, 15) is 0 Å². The summed E-state index contributed by atoms with van der Waals surface area (Å²) in [5.41, 5.74) is 3.78. The van der Waals surface area contributed by atoms with Crippen LogP contribution in [-0.4, -0.2) is 4.98 Å². The fourth-order valence-corrected chi connectivity index (χ4v) is 2.90. The third-order valence-electron chi connectivity index (χ3n) is 3.12. The second-order valence-electron chi connectivity index (χ2n) is 4.31. The normalized spacial score (nSPS) is 19.1. The van der Waals surface area contributed by atoms with Crippen LogP contribution >= 0.6 is 0 Å². The number of hydrogen-bond donors (Lipinski definition) is 0. The van der Waals surface area contributed by atoms with Gasteiger partial charge < -0.3 is 24.8 Å². The van der Waals surface area contributed by atoms with E-state index >= 15 is 0 Å². The van der Waals surface area contributed by atoms with Crippen LogP contribution in [-0.2, 0) is 27.0 Å². The molecule has 1 atom stereocenters. The van der Waals surface area contributed by atoms with Gasteiger partial charge in [-0.3, -0.25) is 0 Å². The van der Waals surface area contributed by atoms with Gasteiger partial charge in [-0.15, -0.1) is 0 Å². The first-order valence-corrected chi connectivity index (χ1v) is 6.31. The Kier molecular flexibility index (Phi) is 5.65. The van der Waals surface area contributed by atoms with Gasteiger partial charge in [0.25, 0.3) is 0 Å². The number of fused-ring (bicyclic) bond motifs is 1. The van der Waals surface area contributed by atoms with E-state index in [1.807, 2.05) is 18.3 Å². The van der Waals surface area contributed by atoms with Gasteiger partial charge in [0, 0.05) is 0 Å². The molecule has 1 heterocycles. The van der Waals surface area contributed by atoms with Crippen molar-refractivity contribution in [1.82, 2.24) is 4.98 Å². The van der Waals surface area contributed by atoms with Crippen LogP contribution in [0, 0.1) is 0 Å². The summed E-state index contributed by atoms with van der Waals surface area (Å²) >= 11 is 3.33. The topological polar surface area (TPSA) is 12.9 Å². The van der Waals surface area contributed by atoms with E-state index < -0.39 is 0 Å². The third-order valence-corrected chi connectivity index (χ3v) is 3.90. The van der Waals surface area contributed by atoms with Gasteiger partial charge in [0.1, 0.15) is 0 Å². The van der Waals surface area contributed by atoms with Gasteiger partial charge in [0.2, 0.25) is 0 Å². The van der Waals surface area contributed by atoms with Gasteiger partial charge in [-0.2, -0.15) is 0 Å². The molecule has 4 heteroatoms. The Morgan fingerprint density at radius 1 is 1.00 bits per heavy atom. The van der Waals surface area contributed by atoms with Crippen LogP contribution in [0.4, 0.5) is 0 Å². The number of aromatic nitrogens is 1. The zero-order valence-corrected chi connectivity index (χ0v) is 12.9. The van der Waals surface area contributed by atoms with E-state index in [1.165, 1.54) is 11.1 Å². The molecule has 1 aromatic carbocycles. The van der Waals surface area contributed by atoms with Crippen molar-refractivity contribution in [3.63, 3.8) is 0 Å². The number of halogens is 2. The van der Waals surface area contributed by atoms with Crippen LogP contribution < -0.4 is 24.8 Å². The Labute approximate surface area is 134 Å². The molecule has 0 amide bonds. The maximum absolute atomic E-state index is 4.41. The van der Waals surface area contributed by atoms with Gasteiger partial charge in [-0.05, 0) is 0 Å². The number of allylic oxidation sites excluding steroid dienone is 1. The molecule has 0 bridgehead atoms. The summed E-state index contributed by atoms with van der Waals surface area (Å²) in [6.07, 6.45) is 7.19. The molecule has 1 unspecified atom stereocenters. The SMILES string of the molecule is [Cl-].[Cl-].[Cr+2][C]1(Cc2ccccn2)C=Cc2ccccc21. The van der Waals surface area contributed by atoms with Crippen molar-refractivity contribution >= 4 is 6.08 Å². The Morgan fingerprint density at radius 3 is 2.47 bits per heavy atom.